The van der Waals surface area contributed by atoms with E-state index in [9.17, 15) is 9.59 Å². The number of nitrogens with zero attached hydrogens (tertiary/aromatic N) is 1. The zero-order valence-corrected chi connectivity index (χ0v) is 12.7. The summed E-state index contributed by atoms with van der Waals surface area (Å²) in [7, 11) is 0. The topological polar surface area (TPSA) is 67.9 Å². The fraction of sp³-hybridized carbons (Fsp3) is 0.467. The standard InChI is InChI=1S/C15H22N2O4/c1-4-10-20-14(18)16-12-8-7-9-13(11-12)21-15(19)17(5-2)6-3/h7-9,11H,4-6,10H2,1-3H3,(H,16,18). The lowest BCUT2D eigenvalue weighted by Crippen LogP contribution is -2.33. The summed E-state index contributed by atoms with van der Waals surface area (Å²) < 4.78 is 10.2. The summed E-state index contributed by atoms with van der Waals surface area (Å²) >= 11 is 0. The third-order valence-electron chi connectivity index (χ3n) is 2.74. The zero-order chi connectivity index (χ0) is 15.7. The Hall–Kier alpha value is -2.24. The average molecular weight is 294 g/mol. The second-order valence-electron chi connectivity index (χ2n) is 4.33. The molecule has 1 N–H and O–H groups in total. The van der Waals surface area contributed by atoms with Gasteiger partial charge < -0.3 is 14.4 Å². The molecular formula is C15H22N2O4. The number of rotatable bonds is 6. The van der Waals surface area contributed by atoms with E-state index in [1.54, 1.807) is 29.2 Å². The van der Waals surface area contributed by atoms with Gasteiger partial charge in [-0.2, -0.15) is 0 Å². The van der Waals surface area contributed by atoms with E-state index in [0.29, 0.717) is 31.1 Å². The zero-order valence-electron chi connectivity index (χ0n) is 12.7. The molecule has 0 aliphatic heterocycles. The van der Waals surface area contributed by atoms with E-state index in [1.165, 1.54) is 0 Å². The minimum Gasteiger partial charge on any atom is -0.449 e. The summed E-state index contributed by atoms with van der Waals surface area (Å²) in [6.07, 6.45) is -0.177. The van der Waals surface area contributed by atoms with Gasteiger partial charge in [0.1, 0.15) is 5.75 Å². The van der Waals surface area contributed by atoms with Gasteiger partial charge in [-0.1, -0.05) is 13.0 Å². The number of carbonyl (C=O) groups is 2. The van der Waals surface area contributed by atoms with Gasteiger partial charge in [-0.25, -0.2) is 9.59 Å². The summed E-state index contributed by atoms with van der Waals surface area (Å²) in [4.78, 5) is 24.9. The quantitative estimate of drug-likeness (QED) is 0.872. The average Bonchev–Trinajstić information content (AvgIpc) is 2.46. The van der Waals surface area contributed by atoms with Gasteiger partial charge in [0.25, 0.3) is 0 Å². The number of benzene rings is 1. The van der Waals surface area contributed by atoms with E-state index < -0.39 is 12.2 Å². The van der Waals surface area contributed by atoms with Crippen molar-refractivity contribution < 1.29 is 19.1 Å². The van der Waals surface area contributed by atoms with E-state index in [2.05, 4.69) is 5.32 Å². The molecule has 2 amide bonds. The summed E-state index contributed by atoms with van der Waals surface area (Å²) in [5.41, 5.74) is 0.515. The molecule has 0 spiro atoms. The second-order valence-corrected chi connectivity index (χ2v) is 4.33. The Morgan fingerprint density at radius 2 is 1.90 bits per heavy atom. The molecule has 0 aliphatic carbocycles. The van der Waals surface area contributed by atoms with Gasteiger partial charge in [0, 0.05) is 24.8 Å². The fourth-order valence-electron chi connectivity index (χ4n) is 1.63. The van der Waals surface area contributed by atoms with Crippen LogP contribution in [0.3, 0.4) is 0 Å². The van der Waals surface area contributed by atoms with Gasteiger partial charge in [-0.05, 0) is 32.4 Å². The Bertz CT molecular complexity index is 472. The maximum Gasteiger partial charge on any atom is 0.415 e. The molecule has 0 bridgehead atoms. The SMILES string of the molecule is CCCOC(=O)Nc1cccc(OC(=O)N(CC)CC)c1. The lowest BCUT2D eigenvalue weighted by molar-refractivity contribution is 0.157. The molecule has 0 atom stereocenters. The molecular weight excluding hydrogens is 272 g/mol. The van der Waals surface area contributed by atoms with Crippen LogP contribution in [0.4, 0.5) is 15.3 Å². The van der Waals surface area contributed by atoms with Crippen LogP contribution in [0, 0.1) is 0 Å². The van der Waals surface area contributed by atoms with Crippen LogP contribution in [0.2, 0.25) is 0 Å². The first-order valence-corrected chi connectivity index (χ1v) is 7.11. The Kier molecular flexibility index (Phi) is 7.08. The highest BCUT2D eigenvalue weighted by Crippen LogP contribution is 2.18. The highest BCUT2D eigenvalue weighted by atomic mass is 16.6. The lowest BCUT2D eigenvalue weighted by atomic mass is 10.3. The van der Waals surface area contributed by atoms with Crippen molar-refractivity contribution in [1.82, 2.24) is 4.90 Å². The molecule has 0 saturated heterocycles. The number of hydrogen-bond donors (Lipinski definition) is 1. The van der Waals surface area contributed by atoms with E-state index in [-0.39, 0.29) is 0 Å². The van der Waals surface area contributed by atoms with Crippen molar-refractivity contribution >= 4 is 17.9 Å². The Morgan fingerprint density at radius 3 is 2.52 bits per heavy atom. The van der Waals surface area contributed by atoms with Gasteiger partial charge in [0.05, 0.1) is 6.61 Å². The second kappa shape index (κ2) is 8.84. The summed E-state index contributed by atoms with van der Waals surface area (Å²) in [5.74, 6) is 0.375. The number of anilines is 1. The number of nitrogens with one attached hydrogen (secondary N) is 1. The van der Waals surface area contributed by atoms with Crippen LogP contribution < -0.4 is 10.1 Å². The van der Waals surface area contributed by atoms with E-state index in [1.807, 2.05) is 20.8 Å². The van der Waals surface area contributed by atoms with Crippen LogP contribution in [0.15, 0.2) is 24.3 Å². The molecule has 0 aliphatic rings. The molecule has 6 heteroatoms. The predicted octanol–water partition coefficient (Wildman–Crippen LogP) is 3.49. The molecule has 0 unspecified atom stereocenters. The first kappa shape index (κ1) is 16.8. The van der Waals surface area contributed by atoms with Crippen LogP contribution in [-0.4, -0.2) is 36.8 Å². The van der Waals surface area contributed by atoms with Crippen molar-refractivity contribution in [3.05, 3.63) is 24.3 Å². The molecule has 0 radical (unpaired) electrons. The summed E-state index contributed by atoms with van der Waals surface area (Å²) in [6, 6.07) is 6.63. The molecule has 1 aromatic rings. The van der Waals surface area contributed by atoms with Crippen molar-refractivity contribution in [3.63, 3.8) is 0 Å². The molecule has 0 fully saturated rings. The normalized spacial score (nSPS) is 9.86. The smallest absolute Gasteiger partial charge is 0.415 e. The number of amides is 2. The van der Waals surface area contributed by atoms with Crippen LogP contribution in [-0.2, 0) is 4.74 Å². The number of carbonyl (C=O) groups excluding carboxylic acids is 2. The van der Waals surface area contributed by atoms with Crippen LogP contribution in [0.5, 0.6) is 5.75 Å². The van der Waals surface area contributed by atoms with Gasteiger partial charge in [0.15, 0.2) is 0 Å². The molecule has 21 heavy (non-hydrogen) atoms. The molecule has 1 aromatic carbocycles. The van der Waals surface area contributed by atoms with Crippen molar-refractivity contribution in [3.8, 4) is 5.75 Å². The molecule has 116 valence electrons. The maximum absolute atomic E-state index is 11.8. The largest absolute Gasteiger partial charge is 0.449 e. The van der Waals surface area contributed by atoms with Crippen molar-refractivity contribution in [2.24, 2.45) is 0 Å². The Labute approximate surface area is 125 Å². The highest BCUT2D eigenvalue weighted by molar-refractivity contribution is 5.85. The molecule has 6 nitrogen and oxygen atoms in total. The van der Waals surface area contributed by atoms with Gasteiger partial charge >= 0.3 is 12.2 Å². The maximum atomic E-state index is 11.8. The van der Waals surface area contributed by atoms with E-state index >= 15 is 0 Å². The van der Waals surface area contributed by atoms with Gasteiger partial charge in [-0.3, -0.25) is 5.32 Å². The van der Waals surface area contributed by atoms with Crippen molar-refractivity contribution in [2.75, 3.05) is 25.0 Å². The van der Waals surface area contributed by atoms with E-state index in [4.69, 9.17) is 9.47 Å². The fourth-order valence-corrected chi connectivity index (χ4v) is 1.63. The molecule has 1 rings (SSSR count). The minimum absolute atomic E-state index is 0.364. The minimum atomic E-state index is -0.524. The van der Waals surface area contributed by atoms with Gasteiger partial charge in [-0.15, -0.1) is 0 Å². The van der Waals surface area contributed by atoms with Crippen LogP contribution >= 0.6 is 0 Å². The molecule has 0 aromatic heterocycles. The van der Waals surface area contributed by atoms with Crippen molar-refractivity contribution in [2.45, 2.75) is 27.2 Å². The van der Waals surface area contributed by atoms with Gasteiger partial charge in [0.2, 0.25) is 0 Å². The summed E-state index contributed by atoms with van der Waals surface area (Å²) in [6.45, 7) is 7.20. The summed E-state index contributed by atoms with van der Waals surface area (Å²) in [5, 5.41) is 2.58. The predicted molar refractivity (Wildman–Crippen MR) is 80.6 cm³/mol. The monoisotopic (exact) mass is 294 g/mol. The van der Waals surface area contributed by atoms with Crippen LogP contribution in [0.25, 0.3) is 0 Å². The molecule has 0 heterocycles. The van der Waals surface area contributed by atoms with E-state index in [0.717, 1.165) is 6.42 Å². The van der Waals surface area contributed by atoms with Crippen molar-refractivity contribution in [1.29, 1.82) is 0 Å². The Morgan fingerprint density at radius 1 is 1.19 bits per heavy atom. The first-order valence-electron chi connectivity index (χ1n) is 7.11. The number of hydrogen-bond acceptors (Lipinski definition) is 4. The number of ether oxygens (including phenoxy) is 2. The third-order valence-corrected chi connectivity index (χ3v) is 2.74. The molecule has 0 saturated carbocycles. The highest BCUT2D eigenvalue weighted by Gasteiger charge is 2.12. The van der Waals surface area contributed by atoms with Crippen LogP contribution in [0.1, 0.15) is 27.2 Å². The lowest BCUT2D eigenvalue weighted by Gasteiger charge is -2.18. The third kappa shape index (κ3) is 5.72. The Balaban J connectivity index is 2.63. The first-order chi connectivity index (χ1) is 10.1.